The van der Waals surface area contributed by atoms with Gasteiger partial charge in [0.25, 0.3) is 0 Å². The smallest absolute Gasteiger partial charge is 0.0543 e. The van der Waals surface area contributed by atoms with Gasteiger partial charge in [-0.25, -0.2) is 0 Å². The zero-order chi connectivity index (χ0) is 39.3. The molecule has 0 N–H and O–H groups in total. The molecule has 4 saturated carbocycles. The van der Waals surface area contributed by atoms with Crippen LogP contribution in [0.4, 0.5) is 17.1 Å². The summed E-state index contributed by atoms with van der Waals surface area (Å²) < 4.78 is 0. The van der Waals surface area contributed by atoms with E-state index in [1.165, 1.54) is 108 Å². The second kappa shape index (κ2) is 12.0. The first-order valence-electron chi connectivity index (χ1n) is 22.6. The molecule has 0 aliphatic heterocycles. The largest absolute Gasteiger partial charge is 0.309 e. The van der Waals surface area contributed by atoms with E-state index in [1.54, 1.807) is 22.3 Å². The Labute approximate surface area is 343 Å². The lowest BCUT2D eigenvalue weighted by molar-refractivity contribution is -0.0397. The molecule has 0 atom stereocenters. The maximum atomic E-state index is 2.84. The summed E-state index contributed by atoms with van der Waals surface area (Å²) >= 11 is 0. The van der Waals surface area contributed by atoms with Crippen molar-refractivity contribution in [3.63, 3.8) is 0 Å². The van der Waals surface area contributed by atoms with Gasteiger partial charge in [-0.05, 0) is 171 Å². The Morgan fingerprint density at radius 3 is 1.46 bits per heavy atom. The average Bonchev–Trinajstić information content (AvgIpc) is 3.49. The minimum atomic E-state index is 0.0387. The quantitative estimate of drug-likeness (QED) is 0.177. The number of hydrogen-bond acceptors (Lipinski definition) is 1. The fraction of sp³-hybridized carbons (Fsp3) is 0.464. The number of benzene rings is 5. The summed E-state index contributed by atoms with van der Waals surface area (Å²) in [7, 11) is 0. The Bertz CT molecular complexity index is 2330. The van der Waals surface area contributed by atoms with Gasteiger partial charge in [-0.3, -0.25) is 0 Å². The lowest BCUT2D eigenvalue weighted by Crippen LogP contribution is -2.55. The molecule has 0 unspecified atom stereocenters. The third-order valence-electron chi connectivity index (χ3n) is 17.1. The van der Waals surface area contributed by atoms with Crippen LogP contribution in [-0.2, 0) is 27.1 Å². The highest BCUT2D eigenvalue weighted by molar-refractivity contribution is 6.00. The molecule has 7 aliphatic rings. The fourth-order valence-electron chi connectivity index (χ4n) is 14.5. The Morgan fingerprint density at radius 1 is 0.404 bits per heavy atom. The van der Waals surface area contributed by atoms with Crippen molar-refractivity contribution < 1.29 is 0 Å². The van der Waals surface area contributed by atoms with E-state index in [2.05, 4.69) is 163 Å². The molecular formula is C56H63N. The first-order chi connectivity index (χ1) is 27.2. The zero-order valence-electron chi connectivity index (χ0n) is 35.9. The van der Waals surface area contributed by atoms with Crippen LogP contribution < -0.4 is 4.90 Å². The number of hydrogen-bond donors (Lipinski definition) is 0. The van der Waals surface area contributed by atoms with E-state index in [-0.39, 0.29) is 27.1 Å². The minimum Gasteiger partial charge on any atom is -0.309 e. The Kier molecular flexibility index (Phi) is 7.58. The van der Waals surface area contributed by atoms with Crippen LogP contribution in [0.3, 0.4) is 0 Å². The summed E-state index contributed by atoms with van der Waals surface area (Å²) in [4.78, 5) is 2.84. The van der Waals surface area contributed by atoms with Crippen molar-refractivity contribution >= 4 is 17.1 Å². The Morgan fingerprint density at radius 2 is 0.895 bits per heavy atom. The van der Waals surface area contributed by atoms with Gasteiger partial charge in [0, 0.05) is 11.0 Å². The van der Waals surface area contributed by atoms with Crippen LogP contribution in [0.25, 0.3) is 22.3 Å². The lowest BCUT2D eigenvalue weighted by Gasteiger charge is -2.61. The molecule has 57 heavy (non-hydrogen) atoms. The molecule has 0 saturated heterocycles. The van der Waals surface area contributed by atoms with E-state index in [0.717, 1.165) is 11.8 Å². The summed E-state index contributed by atoms with van der Waals surface area (Å²) in [6, 6.07) is 41.1. The first-order valence-corrected chi connectivity index (χ1v) is 22.6. The third-order valence-corrected chi connectivity index (χ3v) is 17.1. The minimum absolute atomic E-state index is 0.0387. The second-order valence-electron chi connectivity index (χ2n) is 22.2. The fourth-order valence-corrected chi connectivity index (χ4v) is 14.5. The average molecular weight is 750 g/mol. The Hall–Kier alpha value is -4.10. The van der Waals surface area contributed by atoms with E-state index >= 15 is 0 Å². The van der Waals surface area contributed by atoms with Crippen LogP contribution in [0.5, 0.6) is 0 Å². The normalized spacial score (nSPS) is 28.7. The van der Waals surface area contributed by atoms with Gasteiger partial charge in [-0.15, -0.1) is 0 Å². The standard InChI is InChI=1S/C56H63N/c1-52(2)26-28-54(5,6)50-43(52)20-14-22-46(50)57(47-23-15-21-44-51(47)55(7,8)29-27-53(44,3)4)45-25-24-40(37-16-10-9-11-17-37)49-48(45)41-18-12-13-19-42(41)56(49)38-31-35-30-36(33-38)34-39(56)32-35/h9-25,35-36,38-39H,26-34H2,1-8H3. The van der Waals surface area contributed by atoms with Crippen LogP contribution in [0.1, 0.15) is 147 Å². The van der Waals surface area contributed by atoms with Crippen molar-refractivity contribution in [1.29, 1.82) is 0 Å². The van der Waals surface area contributed by atoms with Gasteiger partial charge in [0.2, 0.25) is 0 Å². The molecule has 5 aromatic carbocycles. The van der Waals surface area contributed by atoms with E-state index in [1.807, 2.05) is 0 Å². The summed E-state index contributed by atoms with van der Waals surface area (Å²) in [5, 5.41) is 0. The molecule has 0 heterocycles. The van der Waals surface area contributed by atoms with Crippen molar-refractivity contribution in [2.24, 2.45) is 23.7 Å². The molecular weight excluding hydrogens is 687 g/mol. The van der Waals surface area contributed by atoms with Gasteiger partial charge < -0.3 is 4.90 Å². The number of fused-ring (bicyclic) bond motifs is 5. The topological polar surface area (TPSA) is 3.24 Å². The molecule has 292 valence electrons. The van der Waals surface area contributed by atoms with Gasteiger partial charge in [-0.2, -0.15) is 0 Å². The van der Waals surface area contributed by atoms with Crippen molar-refractivity contribution in [3.05, 3.63) is 137 Å². The third kappa shape index (κ3) is 4.93. The molecule has 1 nitrogen and oxygen atoms in total. The van der Waals surface area contributed by atoms with E-state index < -0.39 is 0 Å². The van der Waals surface area contributed by atoms with Crippen molar-refractivity contribution in [2.45, 2.75) is 140 Å². The van der Waals surface area contributed by atoms with Crippen molar-refractivity contribution in [1.82, 2.24) is 0 Å². The summed E-state index contributed by atoms with van der Waals surface area (Å²) in [6.45, 7) is 20.1. The molecule has 0 amide bonds. The SMILES string of the molecule is CC1(C)CCC(C)(C)c2c(N(c3ccc(-c4ccccc4)c4c3-c3ccccc3C43C4CC5CC(C4)CC3C5)c3cccc4c3C(C)(C)CCC4(C)C)cccc21. The number of nitrogens with zero attached hydrogens (tertiary/aromatic N) is 1. The van der Waals surface area contributed by atoms with Crippen LogP contribution in [-0.4, -0.2) is 0 Å². The molecule has 1 heteroatoms. The van der Waals surface area contributed by atoms with Gasteiger partial charge in [0.1, 0.15) is 0 Å². The van der Waals surface area contributed by atoms with E-state index in [4.69, 9.17) is 0 Å². The molecule has 5 aromatic rings. The molecule has 0 aromatic heterocycles. The maximum Gasteiger partial charge on any atom is 0.0543 e. The molecule has 7 aliphatic carbocycles. The highest BCUT2D eigenvalue weighted by atomic mass is 15.2. The van der Waals surface area contributed by atoms with E-state index in [0.29, 0.717) is 11.8 Å². The summed E-state index contributed by atoms with van der Waals surface area (Å²) in [5.41, 5.74) is 19.8. The Balaban J connectivity index is 1.29. The molecule has 12 rings (SSSR count). The van der Waals surface area contributed by atoms with Crippen molar-refractivity contribution in [3.8, 4) is 22.3 Å². The molecule has 4 fully saturated rings. The number of rotatable bonds is 4. The first kappa shape index (κ1) is 36.0. The van der Waals surface area contributed by atoms with Gasteiger partial charge in [0.15, 0.2) is 0 Å². The van der Waals surface area contributed by atoms with Crippen LogP contribution in [0.15, 0.2) is 103 Å². The highest BCUT2D eigenvalue weighted by Gasteiger charge is 2.63. The van der Waals surface area contributed by atoms with Gasteiger partial charge >= 0.3 is 0 Å². The molecule has 4 bridgehead atoms. The van der Waals surface area contributed by atoms with Crippen LogP contribution >= 0.6 is 0 Å². The summed E-state index contributed by atoms with van der Waals surface area (Å²) in [6.07, 6.45) is 11.8. The predicted octanol–water partition coefficient (Wildman–Crippen LogP) is 15.2. The zero-order valence-corrected chi connectivity index (χ0v) is 35.9. The maximum absolute atomic E-state index is 2.84. The van der Waals surface area contributed by atoms with Gasteiger partial charge in [0.05, 0.1) is 17.1 Å². The molecule has 1 spiro atoms. The second-order valence-corrected chi connectivity index (χ2v) is 22.2. The van der Waals surface area contributed by atoms with E-state index in [9.17, 15) is 0 Å². The molecule has 0 radical (unpaired) electrons. The van der Waals surface area contributed by atoms with Crippen molar-refractivity contribution in [2.75, 3.05) is 4.90 Å². The summed E-state index contributed by atoms with van der Waals surface area (Å²) in [5.74, 6) is 3.18. The predicted molar refractivity (Wildman–Crippen MR) is 240 cm³/mol. The number of anilines is 3. The monoisotopic (exact) mass is 749 g/mol. The lowest BCUT2D eigenvalue weighted by atomic mass is 9.42. The van der Waals surface area contributed by atoms with Gasteiger partial charge in [-0.1, -0.05) is 140 Å². The highest BCUT2D eigenvalue weighted by Crippen LogP contribution is 2.72. The van der Waals surface area contributed by atoms with Crippen LogP contribution in [0.2, 0.25) is 0 Å². The van der Waals surface area contributed by atoms with Crippen LogP contribution in [0, 0.1) is 23.7 Å².